The molecular formula is C24H17N3O3. The third-order valence-electron chi connectivity index (χ3n) is 5.70. The average Bonchev–Trinajstić information content (AvgIpc) is 3.50. The van der Waals surface area contributed by atoms with Gasteiger partial charge in [-0.15, -0.1) is 0 Å². The van der Waals surface area contributed by atoms with Crippen molar-refractivity contribution in [3.8, 4) is 11.3 Å². The molecule has 0 radical (unpaired) electrons. The minimum Gasteiger partial charge on any atom is -0.460 e. The molecule has 4 aromatic rings. The minimum absolute atomic E-state index is 0.105. The first kappa shape index (κ1) is 16.9. The van der Waals surface area contributed by atoms with E-state index in [1.54, 1.807) is 24.3 Å². The Morgan fingerprint density at radius 3 is 2.27 bits per heavy atom. The number of rotatable bonds is 3. The summed E-state index contributed by atoms with van der Waals surface area (Å²) in [6, 6.07) is 22.8. The van der Waals surface area contributed by atoms with Crippen LogP contribution in [0.15, 0.2) is 83.4 Å². The average molecular weight is 395 g/mol. The Balaban J connectivity index is 1.30. The SMILES string of the molecule is O=C1c2ccccc2C(=O)N1Cc1ccc([C@H]2Nc3ccccc3-c3cccn32)o1. The van der Waals surface area contributed by atoms with Crippen molar-refractivity contribution in [3.63, 3.8) is 0 Å². The van der Waals surface area contributed by atoms with Gasteiger partial charge in [0.1, 0.15) is 11.5 Å². The van der Waals surface area contributed by atoms with Crippen molar-refractivity contribution in [3.05, 3.63) is 102 Å². The molecule has 6 heteroatoms. The van der Waals surface area contributed by atoms with Crippen LogP contribution in [-0.2, 0) is 6.54 Å². The number of benzene rings is 2. The van der Waals surface area contributed by atoms with E-state index < -0.39 is 0 Å². The Morgan fingerprint density at radius 1 is 0.800 bits per heavy atom. The van der Waals surface area contributed by atoms with Crippen molar-refractivity contribution in [2.45, 2.75) is 12.7 Å². The number of carbonyl (C=O) groups is 2. The number of carbonyl (C=O) groups excluding carboxylic acids is 2. The number of hydrogen-bond acceptors (Lipinski definition) is 4. The maximum atomic E-state index is 12.6. The van der Waals surface area contributed by atoms with Crippen LogP contribution < -0.4 is 5.32 Å². The van der Waals surface area contributed by atoms with Crippen molar-refractivity contribution in [2.24, 2.45) is 0 Å². The van der Waals surface area contributed by atoms with E-state index in [0.29, 0.717) is 22.6 Å². The molecule has 2 amide bonds. The molecule has 2 aliphatic rings. The van der Waals surface area contributed by atoms with E-state index in [1.165, 1.54) is 4.90 Å². The van der Waals surface area contributed by atoms with Crippen molar-refractivity contribution in [1.82, 2.24) is 9.47 Å². The molecule has 0 spiro atoms. The molecule has 0 saturated heterocycles. The zero-order valence-corrected chi connectivity index (χ0v) is 15.9. The van der Waals surface area contributed by atoms with Gasteiger partial charge in [-0.3, -0.25) is 14.5 Å². The van der Waals surface area contributed by atoms with Gasteiger partial charge in [0.2, 0.25) is 0 Å². The van der Waals surface area contributed by atoms with Crippen molar-refractivity contribution in [2.75, 3.05) is 5.32 Å². The van der Waals surface area contributed by atoms with Gasteiger partial charge in [-0.25, -0.2) is 0 Å². The summed E-state index contributed by atoms with van der Waals surface area (Å²) in [6.07, 6.45) is 1.80. The molecule has 0 saturated carbocycles. The third-order valence-corrected chi connectivity index (χ3v) is 5.70. The Morgan fingerprint density at radius 2 is 1.50 bits per heavy atom. The summed E-state index contributed by atoms with van der Waals surface area (Å²) in [5.41, 5.74) is 4.16. The van der Waals surface area contributed by atoms with E-state index in [9.17, 15) is 9.59 Å². The summed E-state index contributed by atoms with van der Waals surface area (Å²) in [5, 5.41) is 3.52. The minimum atomic E-state index is -0.286. The largest absolute Gasteiger partial charge is 0.460 e. The van der Waals surface area contributed by atoms with Crippen LogP contribution in [0.4, 0.5) is 5.69 Å². The number of furan rings is 1. The maximum absolute atomic E-state index is 12.6. The molecule has 0 fully saturated rings. The van der Waals surface area contributed by atoms with Crippen molar-refractivity contribution in [1.29, 1.82) is 0 Å². The first-order chi connectivity index (χ1) is 14.7. The number of fused-ring (bicyclic) bond motifs is 4. The van der Waals surface area contributed by atoms with Crippen LogP contribution in [-0.4, -0.2) is 21.3 Å². The van der Waals surface area contributed by atoms with E-state index >= 15 is 0 Å². The summed E-state index contributed by atoms with van der Waals surface area (Å²) in [7, 11) is 0. The number of anilines is 1. The van der Waals surface area contributed by atoms with E-state index in [4.69, 9.17) is 4.42 Å². The van der Waals surface area contributed by atoms with Crippen LogP contribution >= 0.6 is 0 Å². The summed E-state index contributed by atoms with van der Waals surface area (Å²) in [4.78, 5) is 26.5. The van der Waals surface area contributed by atoms with Gasteiger partial charge in [-0.1, -0.05) is 30.3 Å². The number of para-hydroxylation sites is 1. The second-order valence-corrected chi connectivity index (χ2v) is 7.44. The highest BCUT2D eigenvalue weighted by Gasteiger charge is 2.36. The van der Waals surface area contributed by atoms with Crippen LogP contribution in [0.3, 0.4) is 0 Å². The molecule has 2 aliphatic heterocycles. The fourth-order valence-electron chi connectivity index (χ4n) is 4.27. The van der Waals surface area contributed by atoms with Crippen LogP contribution in [0.2, 0.25) is 0 Å². The molecule has 2 aromatic carbocycles. The standard InChI is InChI=1S/C24H17N3O3/c28-23-16-6-1-2-7-17(16)24(29)27(23)14-15-11-12-21(30-15)22-25-19-9-4-3-8-18(19)20-10-5-13-26(20)22/h1-13,22,25H,14H2/t22-/m0/s1. The van der Waals surface area contributed by atoms with Gasteiger partial charge in [0.05, 0.1) is 23.4 Å². The second-order valence-electron chi connectivity index (χ2n) is 7.44. The Bertz CT molecular complexity index is 1280. The van der Waals surface area contributed by atoms with Gasteiger partial charge in [-0.2, -0.15) is 0 Å². The molecule has 1 N–H and O–H groups in total. The Kier molecular flexibility index (Phi) is 3.49. The first-order valence-electron chi connectivity index (χ1n) is 9.77. The number of nitrogens with one attached hydrogen (secondary N) is 1. The summed E-state index contributed by atoms with van der Waals surface area (Å²) < 4.78 is 8.21. The third kappa shape index (κ3) is 2.37. The fourth-order valence-corrected chi connectivity index (χ4v) is 4.27. The lowest BCUT2D eigenvalue weighted by Gasteiger charge is -2.29. The lowest BCUT2D eigenvalue weighted by atomic mass is 10.1. The molecule has 0 aliphatic carbocycles. The van der Waals surface area contributed by atoms with E-state index in [-0.39, 0.29) is 24.5 Å². The molecule has 4 heterocycles. The number of aromatic nitrogens is 1. The Hall–Kier alpha value is -4.06. The second kappa shape index (κ2) is 6.22. The molecule has 2 aromatic heterocycles. The van der Waals surface area contributed by atoms with Crippen molar-refractivity contribution >= 4 is 17.5 Å². The molecule has 30 heavy (non-hydrogen) atoms. The molecule has 6 rings (SSSR count). The molecule has 6 nitrogen and oxygen atoms in total. The maximum Gasteiger partial charge on any atom is 0.261 e. The number of imide groups is 1. The van der Waals surface area contributed by atoms with Gasteiger partial charge in [0.15, 0.2) is 6.17 Å². The van der Waals surface area contributed by atoms with E-state index in [1.807, 2.05) is 42.6 Å². The Labute approximate surface area is 172 Å². The predicted octanol–water partition coefficient (Wildman–Crippen LogP) is 4.52. The van der Waals surface area contributed by atoms with Gasteiger partial charge >= 0.3 is 0 Å². The molecule has 0 unspecified atom stereocenters. The molecule has 1 atom stereocenters. The van der Waals surface area contributed by atoms with Gasteiger partial charge in [0.25, 0.3) is 11.8 Å². The summed E-state index contributed by atoms with van der Waals surface area (Å²) >= 11 is 0. The smallest absolute Gasteiger partial charge is 0.261 e. The van der Waals surface area contributed by atoms with Gasteiger partial charge < -0.3 is 14.3 Å². The topological polar surface area (TPSA) is 67.5 Å². The van der Waals surface area contributed by atoms with E-state index in [0.717, 1.165) is 16.9 Å². The molecular weight excluding hydrogens is 378 g/mol. The summed E-state index contributed by atoms with van der Waals surface area (Å²) in [6.45, 7) is 0.105. The van der Waals surface area contributed by atoms with E-state index in [2.05, 4.69) is 22.0 Å². The normalized spacial score (nSPS) is 16.8. The van der Waals surface area contributed by atoms with Crippen LogP contribution in [0.1, 0.15) is 38.4 Å². The van der Waals surface area contributed by atoms with Crippen LogP contribution in [0, 0.1) is 0 Å². The first-order valence-corrected chi connectivity index (χ1v) is 9.77. The number of amides is 2. The summed E-state index contributed by atoms with van der Waals surface area (Å²) in [5.74, 6) is 0.708. The van der Waals surface area contributed by atoms with Crippen molar-refractivity contribution < 1.29 is 14.0 Å². The van der Waals surface area contributed by atoms with Gasteiger partial charge in [0, 0.05) is 17.4 Å². The molecule has 146 valence electrons. The number of nitrogens with zero attached hydrogens (tertiary/aromatic N) is 2. The highest BCUT2D eigenvalue weighted by Crippen LogP contribution is 2.39. The van der Waals surface area contributed by atoms with Crippen LogP contribution in [0.25, 0.3) is 11.3 Å². The quantitative estimate of drug-likeness (QED) is 0.518. The number of hydrogen-bond donors (Lipinski definition) is 1. The zero-order valence-electron chi connectivity index (χ0n) is 15.9. The monoisotopic (exact) mass is 395 g/mol. The van der Waals surface area contributed by atoms with Crippen LogP contribution in [0.5, 0.6) is 0 Å². The highest BCUT2D eigenvalue weighted by molar-refractivity contribution is 6.21. The predicted molar refractivity (Wildman–Crippen MR) is 111 cm³/mol. The lowest BCUT2D eigenvalue weighted by molar-refractivity contribution is 0.0630. The highest BCUT2D eigenvalue weighted by atomic mass is 16.3. The zero-order chi connectivity index (χ0) is 20.2. The molecule has 0 bridgehead atoms. The lowest BCUT2D eigenvalue weighted by Crippen LogP contribution is -2.29. The van der Waals surface area contributed by atoms with Gasteiger partial charge in [-0.05, 0) is 42.5 Å². The fraction of sp³-hybridized carbons (Fsp3) is 0.0833.